The molecule has 6 heteroatoms. The molecular weight excluding hydrogens is 380 g/mol. The largest absolute Gasteiger partial charge is 0.496 e. The lowest BCUT2D eigenvalue weighted by Gasteiger charge is -2.15. The number of carbonyl (C=O) groups is 2. The fraction of sp³-hybridized carbons (Fsp3) is 0.167. The van der Waals surface area contributed by atoms with Gasteiger partial charge in [0.1, 0.15) is 17.1 Å². The van der Waals surface area contributed by atoms with Gasteiger partial charge in [-0.15, -0.1) is 0 Å². The number of rotatable bonds is 8. The van der Waals surface area contributed by atoms with Crippen LogP contribution in [0.1, 0.15) is 26.3 Å². The third-order valence-corrected chi connectivity index (χ3v) is 4.62. The molecule has 0 aromatic heterocycles. The molecule has 0 aliphatic carbocycles. The van der Waals surface area contributed by atoms with Crippen LogP contribution in [-0.2, 0) is 6.42 Å². The van der Waals surface area contributed by atoms with Gasteiger partial charge in [0, 0.05) is 6.54 Å². The molecule has 0 atom stereocenters. The molecule has 0 fully saturated rings. The van der Waals surface area contributed by atoms with Crippen molar-refractivity contribution in [2.45, 2.75) is 6.42 Å². The smallest absolute Gasteiger partial charge is 0.263 e. The molecule has 0 unspecified atom stereocenters. The van der Waals surface area contributed by atoms with Crippen LogP contribution in [0.3, 0.4) is 0 Å². The van der Waals surface area contributed by atoms with Crippen LogP contribution in [0.25, 0.3) is 0 Å². The first-order chi connectivity index (χ1) is 14.6. The number of carbonyl (C=O) groups excluding carboxylic acids is 2. The Morgan fingerprint density at radius 3 is 2.07 bits per heavy atom. The maximum absolute atomic E-state index is 12.9. The Hall–Kier alpha value is -3.80. The van der Waals surface area contributed by atoms with E-state index in [4.69, 9.17) is 9.47 Å². The summed E-state index contributed by atoms with van der Waals surface area (Å²) in [5.41, 5.74) is 2.20. The fourth-order valence-electron chi connectivity index (χ4n) is 3.11. The number of hydrogen-bond donors (Lipinski definition) is 2. The monoisotopic (exact) mass is 404 g/mol. The van der Waals surface area contributed by atoms with Gasteiger partial charge in [-0.2, -0.15) is 0 Å². The minimum absolute atomic E-state index is 0.256. The van der Waals surface area contributed by atoms with E-state index in [1.54, 1.807) is 42.5 Å². The van der Waals surface area contributed by atoms with Gasteiger partial charge in [0.2, 0.25) is 0 Å². The summed E-state index contributed by atoms with van der Waals surface area (Å²) < 4.78 is 10.6. The molecule has 154 valence electrons. The number of hydrogen-bond acceptors (Lipinski definition) is 4. The fourth-order valence-corrected chi connectivity index (χ4v) is 3.11. The zero-order valence-electron chi connectivity index (χ0n) is 17.0. The lowest BCUT2D eigenvalue weighted by molar-refractivity contribution is 0.0955. The lowest BCUT2D eigenvalue weighted by atomic mass is 10.1. The van der Waals surface area contributed by atoms with E-state index in [0.29, 0.717) is 29.3 Å². The van der Waals surface area contributed by atoms with E-state index in [-0.39, 0.29) is 11.5 Å². The first-order valence-corrected chi connectivity index (χ1v) is 9.57. The molecule has 6 nitrogen and oxygen atoms in total. The second kappa shape index (κ2) is 10.1. The Kier molecular flexibility index (Phi) is 7.05. The van der Waals surface area contributed by atoms with E-state index < -0.39 is 5.91 Å². The molecule has 2 N–H and O–H groups in total. The molecule has 0 heterocycles. The maximum Gasteiger partial charge on any atom is 0.263 e. The van der Waals surface area contributed by atoms with E-state index in [1.165, 1.54) is 14.2 Å². The molecule has 0 saturated carbocycles. The van der Waals surface area contributed by atoms with E-state index in [9.17, 15) is 9.59 Å². The van der Waals surface area contributed by atoms with Gasteiger partial charge in [-0.05, 0) is 36.2 Å². The van der Waals surface area contributed by atoms with Crippen molar-refractivity contribution in [3.05, 3.63) is 89.5 Å². The minimum Gasteiger partial charge on any atom is -0.496 e. The van der Waals surface area contributed by atoms with Crippen LogP contribution in [0.15, 0.2) is 72.8 Å². The molecule has 3 aromatic rings. The van der Waals surface area contributed by atoms with E-state index in [1.807, 2.05) is 30.3 Å². The highest BCUT2D eigenvalue weighted by molar-refractivity contribution is 6.11. The molecule has 2 amide bonds. The van der Waals surface area contributed by atoms with Crippen molar-refractivity contribution in [2.75, 3.05) is 26.1 Å². The van der Waals surface area contributed by atoms with Crippen molar-refractivity contribution < 1.29 is 19.1 Å². The van der Waals surface area contributed by atoms with Gasteiger partial charge in [0.05, 0.1) is 25.5 Å². The Morgan fingerprint density at radius 2 is 1.40 bits per heavy atom. The highest BCUT2D eigenvalue weighted by Crippen LogP contribution is 2.29. The molecule has 0 saturated heterocycles. The summed E-state index contributed by atoms with van der Waals surface area (Å²) in [5.74, 6) is 0.0935. The predicted octanol–water partition coefficient (Wildman–Crippen LogP) is 3.93. The number of amides is 2. The van der Waals surface area contributed by atoms with Crippen molar-refractivity contribution in [3.8, 4) is 11.5 Å². The number of ether oxygens (including phenoxy) is 2. The Morgan fingerprint density at radius 1 is 0.767 bits per heavy atom. The van der Waals surface area contributed by atoms with E-state index >= 15 is 0 Å². The van der Waals surface area contributed by atoms with Crippen LogP contribution in [0.5, 0.6) is 11.5 Å². The summed E-state index contributed by atoms with van der Waals surface area (Å²) in [6.45, 7) is 0.492. The number of nitrogens with one attached hydrogen (secondary N) is 2. The molecule has 3 aromatic carbocycles. The van der Waals surface area contributed by atoms with Gasteiger partial charge >= 0.3 is 0 Å². The minimum atomic E-state index is -0.422. The highest BCUT2D eigenvalue weighted by Gasteiger charge is 2.20. The third-order valence-electron chi connectivity index (χ3n) is 4.62. The third kappa shape index (κ3) is 4.97. The van der Waals surface area contributed by atoms with Gasteiger partial charge < -0.3 is 20.1 Å². The van der Waals surface area contributed by atoms with Gasteiger partial charge in [-0.25, -0.2) is 0 Å². The lowest BCUT2D eigenvalue weighted by Crippen LogP contribution is -2.27. The zero-order chi connectivity index (χ0) is 21.3. The van der Waals surface area contributed by atoms with Crippen molar-refractivity contribution in [1.82, 2.24) is 5.32 Å². The van der Waals surface area contributed by atoms with Gasteiger partial charge in [-0.1, -0.05) is 48.5 Å². The molecule has 0 radical (unpaired) electrons. The Balaban J connectivity index is 1.74. The van der Waals surface area contributed by atoms with Crippen LogP contribution in [0, 0.1) is 0 Å². The van der Waals surface area contributed by atoms with Crippen LogP contribution < -0.4 is 20.1 Å². The van der Waals surface area contributed by atoms with Crippen molar-refractivity contribution in [3.63, 3.8) is 0 Å². The molecular formula is C24H24N2O4. The standard InChI is InChI=1S/C24H24N2O4/c1-29-20-13-8-14-21(30-2)22(20)24(28)26-19-12-7-6-11-18(19)23(27)25-16-15-17-9-4-3-5-10-17/h3-14H,15-16H2,1-2H3,(H,25,27)(H,26,28). The van der Waals surface area contributed by atoms with Crippen LogP contribution in [0.4, 0.5) is 5.69 Å². The first kappa shape index (κ1) is 20.9. The summed E-state index contributed by atoms with van der Waals surface area (Å²) in [5, 5.41) is 5.71. The van der Waals surface area contributed by atoms with E-state index in [0.717, 1.165) is 12.0 Å². The Bertz CT molecular complexity index is 996. The van der Waals surface area contributed by atoms with Gasteiger partial charge in [0.15, 0.2) is 0 Å². The van der Waals surface area contributed by atoms with Crippen molar-refractivity contribution >= 4 is 17.5 Å². The predicted molar refractivity (Wildman–Crippen MR) is 116 cm³/mol. The summed E-state index contributed by atoms with van der Waals surface area (Å²) in [7, 11) is 2.97. The molecule has 0 spiro atoms. The van der Waals surface area contributed by atoms with E-state index in [2.05, 4.69) is 10.6 Å². The van der Waals surface area contributed by atoms with Crippen LogP contribution in [0.2, 0.25) is 0 Å². The van der Waals surface area contributed by atoms with Crippen molar-refractivity contribution in [1.29, 1.82) is 0 Å². The summed E-state index contributed by atoms with van der Waals surface area (Å²) in [6.07, 6.45) is 0.722. The number of benzene rings is 3. The summed E-state index contributed by atoms with van der Waals surface area (Å²) >= 11 is 0. The quantitative estimate of drug-likeness (QED) is 0.596. The van der Waals surface area contributed by atoms with Gasteiger partial charge in [0.25, 0.3) is 11.8 Å². The average Bonchev–Trinajstić information content (AvgIpc) is 2.79. The van der Waals surface area contributed by atoms with Crippen LogP contribution in [-0.4, -0.2) is 32.6 Å². The molecule has 0 aliphatic rings. The Labute approximate surface area is 175 Å². The summed E-state index contributed by atoms with van der Waals surface area (Å²) in [6, 6.07) is 21.9. The van der Waals surface area contributed by atoms with Gasteiger partial charge in [-0.3, -0.25) is 9.59 Å². The molecule has 0 bridgehead atoms. The van der Waals surface area contributed by atoms with Crippen molar-refractivity contribution in [2.24, 2.45) is 0 Å². The highest BCUT2D eigenvalue weighted by atomic mass is 16.5. The van der Waals surface area contributed by atoms with Crippen LogP contribution >= 0.6 is 0 Å². The number of methoxy groups -OCH3 is 2. The second-order valence-electron chi connectivity index (χ2n) is 6.53. The normalized spacial score (nSPS) is 10.2. The first-order valence-electron chi connectivity index (χ1n) is 9.57. The average molecular weight is 404 g/mol. The zero-order valence-corrected chi connectivity index (χ0v) is 17.0. The topological polar surface area (TPSA) is 76.7 Å². The molecule has 0 aliphatic heterocycles. The molecule has 30 heavy (non-hydrogen) atoms. The second-order valence-corrected chi connectivity index (χ2v) is 6.53. The maximum atomic E-state index is 12.9. The summed E-state index contributed by atoms with van der Waals surface area (Å²) in [4.78, 5) is 25.7. The number of anilines is 1. The SMILES string of the molecule is COc1cccc(OC)c1C(=O)Nc1ccccc1C(=O)NCCc1ccccc1. The molecule has 3 rings (SSSR count). The number of para-hydroxylation sites is 1.